The first-order chi connectivity index (χ1) is 7.74. The highest BCUT2D eigenvalue weighted by Gasteiger charge is 2.06. The third-order valence-electron chi connectivity index (χ3n) is 1.81. The molecule has 0 radical (unpaired) electrons. The lowest BCUT2D eigenvalue weighted by molar-refractivity contribution is 0.102. The highest BCUT2D eigenvalue weighted by Crippen LogP contribution is 1.97. The number of amidine groups is 1. The molecule has 0 atom stereocenters. The minimum absolute atomic E-state index is 0.0167. The molecule has 16 heavy (non-hydrogen) atoms. The highest BCUT2D eigenvalue weighted by atomic mass is 16.6. The van der Waals surface area contributed by atoms with E-state index in [0.717, 1.165) is 0 Å². The van der Waals surface area contributed by atoms with E-state index in [1.807, 2.05) is 6.07 Å². The number of methoxy groups -OCH3 is 1. The van der Waals surface area contributed by atoms with Crippen molar-refractivity contribution >= 4 is 11.9 Å². The van der Waals surface area contributed by atoms with Crippen LogP contribution in [0, 0.1) is 5.41 Å². The Hall–Kier alpha value is -1.88. The van der Waals surface area contributed by atoms with E-state index in [9.17, 15) is 4.79 Å². The summed E-state index contributed by atoms with van der Waals surface area (Å²) >= 11 is 0. The van der Waals surface area contributed by atoms with Gasteiger partial charge < -0.3 is 9.47 Å². The van der Waals surface area contributed by atoms with Crippen molar-refractivity contribution in [1.29, 1.82) is 5.41 Å². The van der Waals surface area contributed by atoms with Crippen LogP contribution in [0.3, 0.4) is 0 Å². The summed E-state index contributed by atoms with van der Waals surface area (Å²) in [6, 6.07) is 8.90. The fourth-order valence-corrected chi connectivity index (χ4v) is 1.03. The van der Waals surface area contributed by atoms with Crippen LogP contribution in [0.5, 0.6) is 0 Å². The van der Waals surface area contributed by atoms with Crippen LogP contribution in [0.1, 0.15) is 5.56 Å². The number of hydrogen-bond donors (Lipinski definition) is 2. The Morgan fingerprint density at radius 3 is 2.62 bits per heavy atom. The predicted molar refractivity (Wildman–Crippen MR) is 59.6 cm³/mol. The Kier molecular flexibility index (Phi) is 5.01. The maximum atomic E-state index is 11.2. The zero-order chi connectivity index (χ0) is 11.8. The molecule has 0 saturated carbocycles. The molecule has 0 fully saturated rings. The van der Waals surface area contributed by atoms with Crippen LogP contribution >= 0.6 is 0 Å². The minimum atomic E-state index is -0.647. The topological polar surface area (TPSA) is 71.4 Å². The van der Waals surface area contributed by atoms with Crippen molar-refractivity contribution in [3.8, 4) is 0 Å². The van der Waals surface area contributed by atoms with Gasteiger partial charge in [0.15, 0.2) is 0 Å². The van der Waals surface area contributed by atoms with E-state index in [-0.39, 0.29) is 12.4 Å². The van der Waals surface area contributed by atoms with Crippen molar-refractivity contribution in [2.45, 2.75) is 0 Å². The van der Waals surface area contributed by atoms with Crippen molar-refractivity contribution in [3.05, 3.63) is 35.9 Å². The van der Waals surface area contributed by atoms with Crippen LogP contribution in [0.25, 0.3) is 0 Å². The fraction of sp³-hybridized carbons (Fsp3) is 0.273. The summed E-state index contributed by atoms with van der Waals surface area (Å²) in [6.07, 6.45) is -0.647. The van der Waals surface area contributed by atoms with Gasteiger partial charge in [-0.2, -0.15) is 0 Å². The normalized spacial score (nSPS) is 9.56. The number of carbonyl (C=O) groups excluding carboxylic acids is 1. The summed E-state index contributed by atoms with van der Waals surface area (Å²) < 4.78 is 9.48. The van der Waals surface area contributed by atoms with E-state index in [4.69, 9.17) is 14.9 Å². The summed E-state index contributed by atoms with van der Waals surface area (Å²) in [6.45, 7) is 0.510. The number of amides is 1. The lowest BCUT2D eigenvalue weighted by Crippen LogP contribution is -2.31. The molecule has 0 bridgehead atoms. The summed E-state index contributed by atoms with van der Waals surface area (Å²) in [5.74, 6) is 0.0167. The average molecular weight is 222 g/mol. The van der Waals surface area contributed by atoms with Gasteiger partial charge in [-0.3, -0.25) is 10.7 Å². The van der Waals surface area contributed by atoms with E-state index < -0.39 is 6.09 Å². The largest absolute Gasteiger partial charge is 0.447 e. The highest BCUT2D eigenvalue weighted by molar-refractivity contribution is 6.04. The summed E-state index contributed by atoms with van der Waals surface area (Å²) in [5, 5.41) is 9.92. The van der Waals surface area contributed by atoms with Gasteiger partial charge in [0.1, 0.15) is 12.4 Å². The van der Waals surface area contributed by atoms with Crippen LogP contribution in [-0.2, 0) is 9.47 Å². The molecule has 0 saturated heterocycles. The van der Waals surface area contributed by atoms with Crippen LogP contribution in [0.15, 0.2) is 30.3 Å². The SMILES string of the molecule is COCCOC(=O)NC(=N)c1ccccc1. The summed E-state index contributed by atoms with van der Waals surface area (Å²) in [4.78, 5) is 11.2. The molecule has 0 aromatic heterocycles. The van der Waals surface area contributed by atoms with Gasteiger partial charge in [-0.15, -0.1) is 0 Å². The van der Waals surface area contributed by atoms with Crippen LogP contribution in [-0.4, -0.2) is 32.3 Å². The molecule has 2 N–H and O–H groups in total. The molecule has 0 aliphatic carbocycles. The van der Waals surface area contributed by atoms with Crippen molar-refractivity contribution in [1.82, 2.24) is 5.32 Å². The minimum Gasteiger partial charge on any atom is -0.447 e. The second-order valence-electron chi connectivity index (χ2n) is 2.99. The monoisotopic (exact) mass is 222 g/mol. The van der Waals surface area contributed by atoms with Gasteiger partial charge in [0, 0.05) is 12.7 Å². The number of hydrogen-bond acceptors (Lipinski definition) is 4. The fourth-order valence-electron chi connectivity index (χ4n) is 1.03. The number of ether oxygens (including phenoxy) is 2. The van der Waals surface area contributed by atoms with Gasteiger partial charge in [0.2, 0.25) is 0 Å². The van der Waals surface area contributed by atoms with Crippen molar-refractivity contribution in [2.75, 3.05) is 20.3 Å². The quantitative estimate of drug-likeness (QED) is 0.459. The molecule has 0 aliphatic rings. The standard InChI is InChI=1S/C11H14N2O3/c1-15-7-8-16-11(14)13-10(12)9-5-3-2-4-6-9/h2-6H,7-8H2,1H3,(H2,12,13,14). The van der Waals surface area contributed by atoms with Crippen LogP contribution in [0.4, 0.5) is 4.79 Å². The van der Waals surface area contributed by atoms with Crippen LogP contribution < -0.4 is 5.32 Å². The predicted octanol–water partition coefficient (Wildman–Crippen LogP) is 1.38. The Morgan fingerprint density at radius 1 is 1.31 bits per heavy atom. The second kappa shape index (κ2) is 6.58. The Morgan fingerprint density at radius 2 is 2.00 bits per heavy atom. The Bertz CT molecular complexity index is 352. The zero-order valence-electron chi connectivity index (χ0n) is 9.03. The summed E-state index contributed by atoms with van der Waals surface area (Å²) in [5.41, 5.74) is 0.631. The van der Waals surface area contributed by atoms with E-state index >= 15 is 0 Å². The van der Waals surface area contributed by atoms with Crippen LogP contribution in [0.2, 0.25) is 0 Å². The molecular weight excluding hydrogens is 208 g/mol. The first-order valence-electron chi connectivity index (χ1n) is 4.80. The molecule has 1 rings (SSSR count). The molecule has 86 valence electrons. The first kappa shape index (κ1) is 12.2. The van der Waals surface area contributed by atoms with Crippen molar-refractivity contribution in [3.63, 3.8) is 0 Å². The van der Waals surface area contributed by atoms with Gasteiger partial charge in [0.05, 0.1) is 6.61 Å². The van der Waals surface area contributed by atoms with Crippen molar-refractivity contribution in [2.24, 2.45) is 0 Å². The van der Waals surface area contributed by atoms with Gasteiger partial charge >= 0.3 is 6.09 Å². The Balaban J connectivity index is 2.37. The molecule has 5 nitrogen and oxygen atoms in total. The third kappa shape index (κ3) is 4.10. The number of rotatable bonds is 4. The molecule has 1 amide bonds. The van der Waals surface area contributed by atoms with E-state index in [1.54, 1.807) is 24.3 Å². The number of carbonyl (C=O) groups is 1. The van der Waals surface area contributed by atoms with Gasteiger partial charge in [-0.05, 0) is 0 Å². The molecule has 5 heteroatoms. The Labute approximate surface area is 93.9 Å². The van der Waals surface area contributed by atoms with Crippen molar-refractivity contribution < 1.29 is 14.3 Å². The maximum absolute atomic E-state index is 11.2. The van der Waals surface area contributed by atoms with E-state index in [2.05, 4.69) is 5.32 Å². The third-order valence-corrected chi connectivity index (χ3v) is 1.81. The second-order valence-corrected chi connectivity index (χ2v) is 2.99. The number of benzene rings is 1. The zero-order valence-corrected chi connectivity index (χ0v) is 9.03. The molecule has 1 aromatic rings. The van der Waals surface area contributed by atoms with E-state index in [1.165, 1.54) is 7.11 Å². The summed E-state index contributed by atoms with van der Waals surface area (Å²) in [7, 11) is 1.52. The molecule has 0 spiro atoms. The lowest BCUT2D eigenvalue weighted by Gasteiger charge is -2.07. The molecule has 1 aromatic carbocycles. The number of alkyl carbamates (subject to hydrolysis) is 1. The molecular formula is C11H14N2O3. The number of nitrogens with one attached hydrogen (secondary N) is 2. The molecule has 0 unspecified atom stereocenters. The van der Waals surface area contributed by atoms with E-state index in [0.29, 0.717) is 12.2 Å². The lowest BCUT2D eigenvalue weighted by atomic mass is 10.2. The maximum Gasteiger partial charge on any atom is 0.412 e. The van der Waals surface area contributed by atoms with Gasteiger partial charge in [-0.25, -0.2) is 4.79 Å². The molecule has 0 heterocycles. The molecule has 0 aliphatic heterocycles. The first-order valence-corrected chi connectivity index (χ1v) is 4.80. The smallest absolute Gasteiger partial charge is 0.412 e. The average Bonchev–Trinajstić information content (AvgIpc) is 2.30. The van der Waals surface area contributed by atoms with Gasteiger partial charge in [-0.1, -0.05) is 30.3 Å². The van der Waals surface area contributed by atoms with Gasteiger partial charge in [0.25, 0.3) is 0 Å².